The van der Waals surface area contributed by atoms with Gasteiger partial charge in [-0.15, -0.1) is 0 Å². The fourth-order valence-electron chi connectivity index (χ4n) is 16.3. The maximum Gasteiger partial charge on any atom is 2.00 e. The first-order chi connectivity index (χ1) is 52.1. The Morgan fingerprint density at radius 2 is 0.299 bits per heavy atom. The minimum atomic E-state index is -4.35. The van der Waals surface area contributed by atoms with Crippen LogP contribution in [0.5, 0.6) is 0 Å². The van der Waals surface area contributed by atoms with Crippen LogP contribution in [-0.2, 0) is 33.1 Å². The molecule has 0 amide bonds. The number of rotatable bonds is 86. The Morgan fingerprint density at radius 3 is 0.411 bits per heavy atom. The van der Waals surface area contributed by atoms with Gasteiger partial charge in [0.2, 0.25) is 0 Å². The predicted octanol–water partition coefficient (Wildman–Crippen LogP) is 33.9. The van der Waals surface area contributed by atoms with Crippen LogP contribution in [0.25, 0.3) is 0 Å². The molecule has 6 nitrogen and oxygen atoms in total. The Bertz CT molecular complexity index is 2110. The van der Waals surface area contributed by atoms with Crippen LogP contribution in [0.3, 0.4) is 0 Å². The van der Waals surface area contributed by atoms with Crippen LogP contribution in [0.2, 0.25) is 0 Å². The zero-order valence-electron chi connectivity index (χ0n) is 72.0. The molecule has 0 heterocycles. The molecule has 0 atom stereocenters. The molecule has 0 fully saturated rings. The Kier molecular flexibility index (Phi) is 86.5. The largest absolute Gasteiger partial charge is 2.00 e. The van der Waals surface area contributed by atoms with E-state index in [2.05, 4.69) is 13.8 Å². The average molecular weight is 1660 g/mol. The van der Waals surface area contributed by atoms with E-state index in [-0.39, 0.29) is 58.7 Å². The van der Waals surface area contributed by atoms with E-state index in [1.54, 1.807) is 12.1 Å². The van der Waals surface area contributed by atoms with Crippen LogP contribution < -0.4 is 0 Å². The van der Waals surface area contributed by atoms with Crippen molar-refractivity contribution < 1.29 is 25.9 Å². The van der Waals surface area contributed by atoms with E-state index in [0.29, 0.717) is 0 Å². The summed E-state index contributed by atoms with van der Waals surface area (Å²) in [6.45, 7) is 4.61. The first kappa shape index (κ1) is 107. The van der Waals surface area contributed by atoms with E-state index in [1.165, 1.54) is 538 Å². The molecule has 0 aliphatic carbocycles. The summed E-state index contributed by atoms with van der Waals surface area (Å²) in [5.74, 6) is 0. The van der Waals surface area contributed by atoms with Crippen LogP contribution in [-0.4, -0.2) is 74.8 Å². The summed E-state index contributed by atoms with van der Waals surface area (Å²) < 4.78 is 67.0. The first-order valence-corrected chi connectivity index (χ1v) is 51.0. The van der Waals surface area contributed by atoms with E-state index in [4.69, 9.17) is 0 Å². The molecule has 0 aromatic heterocycles. The predicted molar refractivity (Wildman–Crippen MR) is 472 cm³/mol. The monoisotopic (exact) mass is 1660 g/mol. The Hall–Kier alpha value is -0.169. The van der Waals surface area contributed by atoms with Crippen LogP contribution >= 0.6 is 0 Å². The summed E-state index contributed by atoms with van der Waals surface area (Å²) in [4.78, 5) is -0.209. The number of unbranched alkanes of at least 4 members (excludes halogenated alkanes) is 80. The number of hydrogen-bond donors (Lipinski definition) is 0. The molecular formula is C98H182BaO6S2. The van der Waals surface area contributed by atoms with Crippen molar-refractivity contribution in [3.8, 4) is 0 Å². The second-order valence-corrected chi connectivity index (χ2v) is 36.7. The molecule has 624 valence electrons. The number of benzene rings is 2. The average Bonchev–Trinajstić information content (AvgIpc) is 0.865. The molecule has 0 aliphatic rings. The van der Waals surface area contributed by atoms with E-state index >= 15 is 0 Å². The third-order valence-electron chi connectivity index (χ3n) is 23.5. The van der Waals surface area contributed by atoms with E-state index in [9.17, 15) is 25.9 Å². The Morgan fingerprint density at radius 1 is 0.187 bits per heavy atom. The maximum absolute atomic E-state index is 11.2. The molecule has 107 heavy (non-hydrogen) atoms. The van der Waals surface area contributed by atoms with Gasteiger partial charge < -0.3 is 9.11 Å². The van der Waals surface area contributed by atoms with Crippen LogP contribution in [0.1, 0.15) is 551 Å². The minimum absolute atomic E-state index is 0. The van der Waals surface area contributed by atoms with Gasteiger partial charge in [0.1, 0.15) is 20.2 Å². The molecule has 2 rings (SSSR count). The smallest absolute Gasteiger partial charge is 0.744 e. The van der Waals surface area contributed by atoms with Gasteiger partial charge in [0.25, 0.3) is 0 Å². The van der Waals surface area contributed by atoms with Crippen molar-refractivity contribution in [1.29, 1.82) is 0 Å². The van der Waals surface area contributed by atoms with Gasteiger partial charge in [-0.2, -0.15) is 0 Å². The summed E-state index contributed by atoms with van der Waals surface area (Å²) in [7, 11) is -8.70. The van der Waals surface area contributed by atoms with Crippen LogP contribution in [0.15, 0.2) is 58.3 Å². The van der Waals surface area contributed by atoms with Crippen molar-refractivity contribution >= 4 is 69.1 Å². The topological polar surface area (TPSA) is 114 Å². The van der Waals surface area contributed by atoms with Gasteiger partial charge in [-0.05, 0) is 61.1 Å². The third kappa shape index (κ3) is 82.2. The molecule has 0 bridgehead atoms. The molecule has 9 heteroatoms. The van der Waals surface area contributed by atoms with Crippen molar-refractivity contribution in [3.05, 3.63) is 59.7 Å². The van der Waals surface area contributed by atoms with Gasteiger partial charge in [0.05, 0.1) is 9.79 Å². The Labute approximate surface area is 711 Å². The first-order valence-electron chi connectivity index (χ1n) is 48.2. The molecule has 0 unspecified atom stereocenters. The number of hydrogen-bond acceptors (Lipinski definition) is 6. The summed E-state index contributed by atoms with van der Waals surface area (Å²) in [5, 5.41) is 0. The van der Waals surface area contributed by atoms with Gasteiger partial charge in [0, 0.05) is 0 Å². The zero-order chi connectivity index (χ0) is 76.4. The summed E-state index contributed by atoms with van der Waals surface area (Å²) >= 11 is 0. The van der Waals surface area contributed by atoms with Gasteiger partial charge in [-0.1, -0.05) is 552 Å². The molecule has 0 N–H and O–H groups in total. The van der Waals surface area contributed by atoms with Crippen molar-refractivity contribution in [2.45, 2.75) is 563 Å². The molecular weight excluding hydrogens is 1470 g/mol. The summed E-state index contributed by atoms with van der Waals surface area (Å²) in [6, 6.07) is 13.0. The molecule has 2 aromatic rings. The molecule has 0 aliphatic heterocycles. The van der Waals surface area contributed by atoms with Crippen LogP contribution in [0.4, 0.5) is 0 Å². The van der Waals surface area contributed by atoms with E-state index < -0.39 is 20.2 Å². The molecule has 0 radical (unpaired) electrons. The summed E-state index contributed by atoms with van der Waals surface area (Å²) in [6.07, 6.45) is 119. The van der Waals surface area contributed by atoms with Crippen molar-refractivity contribution in [2.24, 2.45) is 0 Å². The SMILES string of the molecule is CCCCCCCCCCCCCCCCCCCCCCCCCCCCCCCCCCCCCCCCCCCc1cccc(S(=O)(=O)[O-])c1.CCCCCCCCCCCCCCCCCCCCCCCCCCCCCCCCCCCCCCCCCCCc1cccc(S(=O)(=O)[O-])c1.[Ba+2]. The van der Waals surface area contributed by atoms with Gasteiger partial charge in [-0.25, -0.2) is 16.8 Å². The summed E-state index contributed by atoms with van der Waals surface area (Å²) in [5.41, 5.74) is 1.90. The van der Waals surface area contributed by atoms with Gasteiger partial charge >= 0.3 is 48.9 Å². The maximum atomic E-state index is 11.2. The molecule has 0 spiro atoms. The number of aryl methyl sites for hydroxylation is 2. The third-order valence-corrected chi connectivity index (χ3v) is 25.2. The Balaban J connectivity index is 0.00000208. The van der Waals surface area contributed by atoms with Crippen molar-refractivity contribution in [3.63, 3.8) is 0 Å². The van der Waals surface area contributed by atoms with Gasteiger partial charge in [-0.3, -0.25) is 0 Å². The van der Waals surface area contributed by atoms with E-state index in [0.717, 1.165) is 36.8 Å². The quantitative estimate of drug-likeness (QED) is 0.0370. The standard InChI is InChI=1S/2C49H92O3S.Ba/c2*1-2-3-4-5-6-7-8-9-10-11-12-13-14-15-16-17-18-19-20-21-22-23-24-25-26-27-28-29-30-31-32-33-34-35-36-37-38-39-40-41-42-44-48-45-43-46-49(47-48)53(50,51)52;/h2*43,45-47H,2-42,44H2,1H3,(H,50,51,52);/q;;+2/p-2. The molecule has 0 saturated carbocycles. The normalized spacial score (nSPS) is 11.8. The molecule has 0 saturated heterocycles. The molecule has 2 aromatic carbocycles. The van der Waals surface area contributed by atoms with Gasteiger partial charge in [0.15, 0.2) is 0 Å². The van der Waals surface area contributed by atoms with Crippen molar-refractivity contribution in [2.75, 3.05) is 0 Å². The van der Waals surface area contributed by atoms with E-state index in [1.807, 2.05) is 12.1 Å². The second kappa shape index (κ2) is 86.7. The van der Waals surface area contributed by atoms with Crippen LogP contribution in [0, 0.1) is 0 Å². The zero-order valence-corrected chi connectivity index (χ0v) is 78.1. The second-order valence-electron chi connectivity index (χ2n) is 34.0. The van der Waals surface area contributed by atoms with Crippen molar-refractivity contribution in [1.82, 2.24) is 0 Å². The fraction of sp³-hybridized carbons (Fsp3) is 0.878. The fourth-order valence-corrected chi connectivity index (χ4v) is 17.4. The minimum Gasteiger partial charge on any atom is -0.744 e.